The van der Waals surface area contributed by atoms with Crippen molar-refractivity contribution in [2.24, 2.45) is 0 Å². The number of nitrogens with zero attached hydrogens (tertiary/aromatic N) is 1. The van der Waals surface area contributed by atoms with E-state index in [2.05, 4.69) is 54.1 Å². The van der Waals surface area contributed by atoms with Crippen LogP contribution in [0.1, 0.15) is 6.92 Å². The molecule has 0 bridgehead atoms. The van der Waals surface area contributed by atoms with E-state index in [1.807, 2.05) is 0 Å². The van der Waals surface area contributed by atoms with Gasteiger partial charge in [0, 0.05) is 17.5 Å². The van der Waals surface area contributed by atoms with Crippen LogP contribution in [-0.2, 0) is 6.54 Å². The van der Waals surface area contributed by atoms with E-state index >= 15 is 0 Å². The van der Waals surface area contributed by atoms with Crippen LogP contribution < -0.4 is 23.2 Å². The van der Waals surface area contributed by atoms with Gasteiger partial charge in [0.2, 0.25) is 5.52 Å². The van der Waals surface area contributed by atoms with Crippen LogP contribution in [0.3, 0.4) is 0 Å². The monoisotopic (exact) mass is 257 g/mol. The highest BCUT2D eigenvalue weighted by atomic mass is 35.7. The number of hydrogen-bond donors (Lipinski definition) is 0. The molecular formula is C11H12ClNO4. The number of hydrogen-bond acceptors (Lipinski definition) is 4. The van der Waals surface area contributed by atoms with E-state index in [9.17, 15) is 0 Å². The average molecular weight is 258 g/mol. The maximum Gasteiger partial charge on any atom is 0.212 e. The lowest BCUT2D eigenvalue weighted by molar-refractivity contribution is -2.00. The topological polar surface area (TPSA) is 96.1 Å². The molecule has 0 N–H and O–H groups in total. The molecule has 0 radical (unpaired) electrons. The van der Waals surface area contributed by atoms with E-state index in [4.69, 9.17) is 18.6 Å². The minimum atomic E-state index is -4.94. The Morgan fingerprint density at radius 1 is 1.00 bits per heavy atom. The minimum Gasteiger partial charge on any atom is -0.222 e. The van der Waals surface area contributed by atoms with Crippen molar-refractivity contribution in [2.45, 2.75) is 13.5 Å². The summed E-state index contributed by atoms with van der Waals surface area (Å²) in [6, 6.07) is 12.7. The fourth-order valence-electron chi connectivity index (χ4n) is 1.50. The Kier molecular flexibility index (Phi) is 4.80. The number of rotatable bonds is 1. The SMILES string of the molecule is CC[n+]1cccc2ccccc21.[O-][Cl+3]([O-])([O-])[O-]. The molecule has 2 aromatic rings. The van der Waals surface area contributed by atoms with E-state index in [0.29, 0.717) is 0 Å². The van der Waals surface area contributed by atoms with Crippen molar-refractivity contribution in [3.63, 3.8) is 0 Å². The average Bonchev–Trinajstić information content (AvgIpc) is 2.26. The smallest absolute Gasteiger partial charge is 0.212 e. The van der Waals surface area contributed by atoms with Gasteiger partial charge < -0.3 is 0 Å². The first-order valence-electron chi connectivity index (χ1n) is 4.91. The molecule has 5 nitrogen and oxygen atoms in total. The molecule has 0 fully saturated rings. The summed E-state index contributed by atoms with van der Waals surface area (Å²) in [5.41, 5.74) is 1.31. The second-order valence-electron chi connectivity index (χ2n) is 3.23. The fourth-order valence-corrected chi connectivity index (χ4v) is 1.50. The number of pyridine rings is 1. The van der Waals surface area contributed by atoms with Gasteiger partial charge in [-0.15, -0.1) is 10.2 Å². The first kappa shape index (κ1) is 13.8. The molecule has 0 saturated heterocycles. The summed E-state index contributed by atoms with van der Waals surface area (Å²) in [6.07, 6.45) is 2.11. The first-order valence-corrected chi connectivity index (χ1v) is 6.14. The van der Waals surface area contributed by atoms with E-state index in [1.165, 1.54) is 10.9 Å². The van der Waals surface area contributed by atoms with Gasteiger partial charge in [-0.2, -0.15) is 4.57 Å². The number of aromatic nitrogens is 1. The third-order valence-electron chi connectivity index (χ3n) is 2.13. The van der Waals surface area contributed by atoms with Crippen LogP contribution >= 0.6 is 0 Å². The minimum absolute atomic E-state index is 1.03. The summed E-state index contributed by atoms with van der Waals surface area (Å²) in [6.45, 7) is 3.19. The van der Waals surface area contributed by atoms with Crippen molar-refractivity contribution >= 4 is 10.9 Å². The Hall–Kier alpha value is -1.24. The zero-order chi connectivity index (χ0) is 12.9. The van der Waals surface area contributed by atoms with Gasteiger partial charge >= 0.3 is 0 Å². The molecule has 17 heavy (non-hydrogen) atoms. The standard InChI is InChI=1S/C11H12N.ClHO4/c1-2-12-9-5-7-10-6-3-4-8-11(10)12;2-1(3,4)5/h3-9H,2H2,1H3;(H,2,3,4,5)/q+1;/p-1. The van der Waals surface area contributed by atoms with Crippen molar-refractivity contribution in [3.05, 3.63) is 42.6 Å². The molecule has 0 saturated carbocycles. The third kappa shape index (κ3) is 5.08. The molecule has 0 unspecified atom stereocenters. The molecule has 0 aliphatic rings. The highest BCUT2D eigenvalue weighted by molar-refractivity contribution is 5.74. The summed E-state index contributed by atoms with van der Waals surface area (Å²) in [5.74, 6) is 0. The Labute approximate surface area is 101 Å². The lowest BCUT2D eigenvalue weighted by atomic mass is 10.2. The molecule has 0 amide bonds. The quantitative estimate of drug-likeness (QED) is 0.523. The van der Waals surface area contributed by atoms with Crippen LogP contribution in [-0.4, -0.2) is 0 Å². The number of benzene rings is 1. The van der Waals surface area contributed by atoms with Crippen molar-refractivity contribution in [1.29, 1.82) is 0 Å². The normalized spacial score (nSPS) is 10.9. The molecule has 6 heteroatoms. The Balaban J connectivity index is 0.000000249. The van der Waals surface area contributed by atoms with E-state index < -0.39 is 10.2 Å². The molecule has 1 aromatic carbocycles. The zero-order valence-electron chi connectivity index (χ0n) is 9.21. The summed E-state index contributed by atoms with van der Waals surface area (Å²) in [7, 11) is -4.94. The fraction of sp³-hybridized carbons (Fsp3) is 0.182. The maximum absolute atomic E-state index is 8.49. The van der Waals surface area contributed by atoms with Crippen LogP contribution in [0.15, 0.2) is 42.6 Å². The lowest BCUT2D eigenvalue weighted by Gasteiger charge is -2.17. The molecule has 1 heterocycles. The predicted molar refractivity (Wildman–Crippen MR) is 49.8 cm³/mol. The van der Waals surface area contributed by atoms with Gasteiger partial charge in [-0.1, -0.05) is 12.1 Å². The van der Waals surface area contributed by atoms with E-state index in [-0.39, 0.29) is 0 Å². The van der Waals surface area contributed by atoms with Crippen LogP contribution in [0.4, 0.5) is 0 Å². The molecule has 2 rings (SSSR count). The van der Waals surface area contributed by atoms with Gasteiger partial charge in [-0.05, 0) is 19.1 Å². The van der Waals surface area contributed by atoms with Crippen molar-refractivity contribution in [2.75, 3.05) is 0 Å². The third-order valence-corrected chi connectivity index (χ3v) is 2.13. The second-order valence-corrected chi connectivity index (χ2v) is 3.99. The molecule has 0 spiro atoms. The van der Waals surface area contributed by atoms with Gasteiger partial charge in [-0.3, -0.25) is 0 Å². The number of aryl methyl sites for hydroxylation is 1. The van der Waals surface area contributed by atoms with Crippen LogP contribution in [0, 0.1) is 10.2 Å². The zero-order valence-corrected chi connectivity index (χ0v) is 9.96. The van der Waals surface area contributed by atoms with Crippen molar-refractivity contribution < 1.29 is 33.4 Å². The van der Waals surface area contributed by atoms with E-state index in [1.54, 1.807) is 0 Å². The molecule has 0 aliphatic heterocycles. The van der Waals surface area contributed by atoms with Gasteiger partial charge in [0.25, 0.3) is 0 Å². The summed E-state index contributed by atoms with van der Waals surface area (Å²) >= 11 is 0. The molecule has 0 aliphatic carbocycles. The predicted octanol–water partition coefficient (Wildman–Crippen LogP) is -2.61. The summed E-state index contributed by atoms with van der Waals surface area (Å²) < 4.78 is 36.2. The van der Waals surface area contributed by atoms with Crippen LogP contribution in [0.2, 0.25) is 0 Å². The van der Waals surface area contributed by atoms with Crippen LogP contribution in [0.25, 0.3) is 10.9 Å². The Morgan fingerprint density at radius 2 is 1.53 bits per heavy atom. The number of para-hydroxylation sites is 1. The van der Waals surface area contributed by atoms with Gasteiger partial charge in [0.05, 0.1) is 0 Å². The maximum atomic E-state index is 8.49. The van der Waals surface area contributed by atoms with Crippen molar-refractivity contribution in [1.82, 2.24) is 0 Å². The largest absolute Gasteiger partial charge is 0.222 e. The highest BCUT2D eigenvalue weighted by Gasteiger charge is 2.02. The molecule has 92 valence electrons. The Morgan fingerprint density at radius 3 is 2.12 bits per heavy atom. The first-order chi connectivity index (χ1) is 7.92. The second kappa shape index (κ2) is 5.90. The molecule has 0 atom stereocenters. The van der Waals surface area contributed by atoms with Gasteiger partial charge in [-0.25, -0.2) is 18.6 Å². The molecule has 1 aromatic heterocycles. The van der Waals surface area contributed by atoms with Crippen molar-refractivity contribution in [3.8, 4) is 0 Å². The lowest BCUT2D eigenvalue weighted by Crippen LogP contribution is -2.68. The highest BCUT2D eigenvalue weighted by Crippen LogP contribution is 2.07. The van der Waals surface area contributed by atoms with Gasteiger partial charge in [0.15, 0.2) is 6.20 Å². The Bertz CT molecular complexity index is 473. The van der Waals surface area contributed by atoms with Gasteiger partial charge in [0.1, 0.15) is 6.54 Å². The number of halogens is 1. The summed E-state index contributed by atoms with van der Waals surface area (Å²) in [4.78, 5) is 0. The van der Waals surface area contributed by atoms with E-state index in [0.717, 1.165) is 6.54 Å². The summed E-state index contributed by atoms with van der Waals surface area (Å²) in [5, 5.41) is 1.31. The number of fused-ring (bicyclic) bond motifs is 1. The molecular weight excluding hydrogens is 246 g/mol. The van der Waals surface area contributed by atoms with Crippen LogP contribution in [0.5, 0.6) is 0 Å².